The van der Waals surface area contributed by atoms with E-state index in [9.17, 15) is 0 Å². The van der Waals surface area contributed by atoms with Crippen molar-refractivity contribution in [2.24, 2.45) is 0 Å². The van der Waals surface area contributed by atoms with Crippen LogP contribution in [0.3, 0.4) is 0 Å². The van der Waals surface area contributed by atoms with E-state index in [0.29, 0.717) is 0 Å². The fraction of sp³-hybridized carbons (Fsp3) is 0.500. The lowest BCUT2D eigenvalue weighted by Gasteiger charge is -2.16. The van der Waals surface area contributed by atoms with Crippen molar-refractivity contribution in [1.29, 1.82) is 0 Å². The smallest absolute Gasteiger partial charge is 0.0717 e. The molecule has 0 aliphatic heterocycles. The molecule has 0 amide bonds. The lowest BCUT2D eigenvalue weighted by Crippen LogP contribution is -2.22. The molecule has 0 fully saturated rings. The molecular formula is C14H20ClN3S. The van der Waals surface area contributed by atoms with Crippen molar-refractivity contribution in [3.8, 4) is 0 Å². The predicted octanol–water partition coefficient (Wildman–Crippen LogP) is 4.02. The third-order valence-corrected chi connectivity index (χ3v) is 4.88. The monoisotopic (exact) mass is 297 g/mol. The van der Waals surface area contributed by atoms with Crippen LogP contribution in [0, 0.1) is 6.92 Å². The Morgan fingerprint density at radius 3 is 2.79 bits per heavy atom. The number of halogens is 1. The molecule has 2 aromatic heterocycles. The van der Waals surface area contributed by atoms with E-state index >= 15 is 0 Å². The van der Waals surface area contributed by atoms with E-state index in [0.717, 1.165) is 30.1 Å². The van der Waals surface area contributed by atoms with Gasteiger partial charge < -0.3 is 5.32 Å². The SMILES string of the molecule is CCCNC(c1cnn(CC)c1)c1scc(C)c1Cl. The summed E-state index contributed by atoms with van der Waals surface area (Å²) in [7, 11) is 0. The number of aryl methyl sites for hydroxylation is 2. The zero-order chi connectivity index (χ0) is 13.8. The van der Waals surface area contributed by atoms with Crippen molar-refractivity contribution in [2.75, 3.05) is 6.54 Å². The minimum Gasteiger partial charge on any atom is -0.305 e. The normalized spacial score (nSPS) is 12.8. The van der Waals surface area contributed by atoms with Gasteiger partial charge >= 0.3 is 0 Å². The average Bonchev–Trinajstić information content (AvgIpc) is 3.01. The summed E-state index contributed by atoms with van der Waals surface area (Å²) in [4.78, 5) is 1.18. The van der Waals surface area contributed by atoms with Crippen molar-refractivity contribution in [2.45, 2.75) is 39.8 Å². The van der Waals surface area contributed by atoms with Gasteiger partial charge in [0.15, 0.2) is 0 Å². The highest BCUT2D eigenvalue weighted by Crippen LogP contribution is 2.35. The minimum atomic E-state index is 0.145. The van der Waals surface area contributed by atoms with E-state index in [4.69, 9.17) is 11.6 Å². The number of hydrogen-bond donors (Lipinski definition) is 1. The van der Waals surface area contributed by atoms with Crippen LogP contribution in [0.5, 0.6) is 0 Å². The van der Waals surface area contributed by atoms with Crippen LogP contribution in [0.1, 0.15) is 42.3 Å². The van der Waals surface area contributed by atoms with Crippen LogP contribution in [-0.2, 0) is 6.54 Å². The van der Waals surface area contributed by atoms with E-state index in [2.05, 4.69) is 42.8 Å². The summed E-state index contributed by atoms with van der Waals surface area (Å²) in [5, 5.41) is 10.9. The summed E-state index contributed by atoms with van der Waals surface area (Å²) in [6.07, 6.45) is 5.13. The van der Waals surface area contributed by atoms with Gasteiger partial charge in [0.1, 0.15) is 0 Å². The molecule has 0 radical (unpaired) electrons. The first kappa shape index (κ1) is 14.6. The summed E-state index contributed by atoms with van der Waals surface area (Å²) in [5.41, 5.74) is 2.33. The molecule has 0 bridgehead atoms. The molecule has 1 atom stereocenters. The van der Waals surface area contributed by atoms with Crippen LogP contribution in [0.15, 0.2) is 17.8 Å². The number of nitrogens with one attached hydrogen (secondary N) is 1. The molecule has 104 valence electrons. The van der Waals surface area contributed by atoms with Crippen molar-refractivity contribution < 1.29 is 0 Å². The van der Waals surface area contributed by atoms with Gasteiger partial charge in [0.2, 0.25) is 0 Å². The fourth-order valence-electron chi connectivity index (χ4n) is 2.00. The Kier molecular flexibility index (Phi) is 5.02. The second-order valence-electron chi connectivity index (χ2n) is 4.61. The minimum absolute atomic E-state index is 0.145. The highest BCUT2D eigenvalue weighted by atomic mass is 35.5. The second kappa shape index (κ2) is 6.55. The number of aromatic nitrogens is 2. The Hall–Kier alpha value is -0.840. The molecule has 1 N–H and O–H groups in total. The molecule has 0 aromatic carbocycles. The molecule has 0 aliphatic carbocycles. The topological polar surface area (TPSA) is 29.9 Å². The van der Waals surface area contributed by atoms with E-state index in [-0.39, 0.29) is 6.04 Å². The van der Waals surface area contributed by atoms with Crippen LogP contribution in [0.25, 0.3) is 0 Å². The summed E-state index contributed by atoms with van der Waals surface area (Å²) >= 11 is 8.13. The van der Waals surface area contributed by atoms with Gasteiger partial charge in [-0.3, -0.25) is 4.68 Å². The molecule has 2 rings (SSSR count). The zero-order valence-electron chi connectivity index (χ0n) is 11.6. The standard InChI is InChI=1S/C14H20ClN3S/c1-4-6-16-13(11-7-17-18(5-2)8-11)14-12(15)10(3)9-19-14/h7-9,13,16H,4-6H2,1-3H3. The van der Waals surface area contributed by atoms with E-state index < -0.39 is 0 Å². The largest absolute Gasteiger partial charge is 0.305 e. The Morgan fingerprint density at radius 2 is 2.26 bits per heavy atom. The van der Waals surface area contributed by atoms with Crippen molar-refractivity contribution in [3.05, 3.63) is 38.8 Å². The lowest BCUT2D eigenvalue weighted by molar-refractivity contribution is 0.603. The van der Waals surface area contributed by atoms with Crippen molar-refractivity contribution in [3.63, 3.8) is 0 Å². The lowest BCUT2D eigenvalue weighted by atomic mass is 10.1. The molecule has 0 spiro atoms. The summed E-state index contributed by atoms with van der Waals surface area (Å²) < 4.78 is 1.95. The quantitative estimate of drug-likeness (QED) is 0.873. The molecular weight excluding hydrogens is 278 g/mol. The van der Waals surface area contributed by atoms with E-state index in [1.54, 1.807) is 11.3 Å². The van der Waals surface area contributed by atoms with Crippen LogP contribution < -0.4 is 5.32 Å². The number of rotatable bonds is 6. The summed E-state index contributed by atoms with van der Waals surface area (Å²) in [6, 6.07) is 0.145. The Balaban J connectivity index is 2.32. The third kappa shape index (κ3) is 3.19. The number of thiophene rings is 1. The van der Waals surface area contributed by atoms with Crippen LogP contribution in [-0.4, -0.2) is 16.3 Å². The average molecular weight is 298 g/mol. The molecule has 2 heterocycles. The predicted molar refractivity (Wildman–Crippen MR) is 82.1 cm³/mol. The highest BCUT2D eigenvalue weighted by molar-refractivity contribution is 7.10. The van der Waals surface area contributed by atoms with Gasteiger partial charge in [-0.1, -0.05) is 18.5 Å². The molecule has 0 saturated heterocycles. The van der Waals surface area contributed by atoms with Gasteiger partial charge in [-0.25, -0.2) is 0 Å². The molecule has 19 heavy (non-hydrogen) atoms. The maximum atomic E-state index is 6.42. The molecule has 0 saturated carbocycles. The third-order valence-electron chi connectivity index (χ3n) is 3.10. The van der Waals surface area contributed by atoms with Gasteiger partial charge in [0, 0.05) is 23.2 Å². The van der Waals surface area contributed by atoms with Crippen LogP contribution >= 0.6 is 22.9 Å². The van der Waals surface area contributed by atoms with Gasteiger partial charge in [-0.05, 0) is 37.8 Å². The first-order valence-electron chi connectivity index (χ1n) is 6.66. The number of nitrogens with zero attached hydrogens (tertiary/aromatic N) is 2. The van der Waals surface area contributed by atoms with Crippen molar-refractivity contribution in [1.82, 2.24) is 15.1 Å². The highest BCUT2D eigenvalue weighted by Gasteiger charge is 2.20. The van der Waals surface area contributed by atoms with Crippen LogP contribution in [0.2, 0.25) is 5.02 Å². The van der Waals surface area contributed by atoms with Gasteiger partial charge in [0.05, 0.1) is 17.3 Å². The second-order valence-corrected chi connectivity index (χ2v) is 5.90. The Labute approximate surface area is 123 Å². The van der Waals surface area contributed by atoms with E-state index in [1.165, 1.54) is 10.4 Å². The molecule has 3 nitrogen and oxygen atoms in total. The molecule has 5 heteroatoms. The molecule has 0 aliphatic rings. The number of hydrogen-bond acceptors (Lipinski definition) is 3. The Morgan fingerprint density at radius 1 is 1.47 bits per heavy atom. The van der Waals surface area contributed by atoms with Crippen molar-refractivity contribution >= 4 is 22.9 Å². The van der Waals surface area contributed by atoms with E-state index in [1.807, 2.05) is 10.9 Å². The molecule has 1 unspecified atom stereocenters. The maximum absolute atomic E-state index is 6.42. The first-order valence-corrected chi connectivity index (χ1v) is 7.92. The summed E-state index contributed by atoms with van der Waals surface area (Å²) in [5.74, 6) is 0. The Bertz CT molecular complexity index is 533. The van der Waals surface area contributed by atoms with Gasteiger partial charge in [-0.15, -0.1) is 11.3 Å². The summed E-state index contributed by atoms with van der Waals surface area (Å²) in [6.45, 7) is 8.16. The zero-order valence-corrected chi connectivity index (χ0v) is 13.2. The molecule has 2 aromatic rings. The maximum Gasteiger partial charge on any atom is 0.0717 e. The first-order chi connectivity index (χ1) is 9.17. The van der Waals surface area contributed by atoms with Gasteiger partial charge in [-0.2, -0.15) is 5.10 Å². The fourth-order valence-corrected chi connectivity index (χ4v) is 3.40. The van der Waals surface area contributed by atoms with Gasteiger partial charge in [0.25, 0.3) is 0 Å². The van der Waals surface area contributed by atoms with Crippen LogP contribution in [0.4, 0.5) is 0 Å².